The second-order valence-corrected chi connectivity index (χ2v) is 4.44. The van der Waals surface area contributed by atoms with Crippen LogP contribution in [0.4, 0.5) is 5.69 Å². The average Bonchev–Trinajstić information content (AvgIpc) is 2.83. The summed E-state index contributed by atoms with van der Waals surface area (Å²) in [6.45, 7) is 0.544. The highest BCUT2D eigenvalue weighted by atomic mass is 32.1. The molecule has 17 heavy (non-hydrogen) atoms. The summed E-state index contributed by atoms with van der Waals surface area (Å²) in [6, 6.07) is 9.44. The first-order chi connectivity index (χ1) is 8.31. The Morgan fingerprint density at radius 2 is 2.12 bits per heavy atom. The summed E-state index contributed by atoms with van der Waals surface area (Å²) >= 11 is 1.56. The second-order valence-electron chi connectivity index (χ2n) is 3.66. The zero-order chi connectivity index (χ0) is 12.1. The molecule has 88 valence electrons. The van der Waals surface area contributed by atoms with E-state index in [4.69, 9.17) is 5.73 Å². The van der Waals surface area contributed by atoms with Crippen molar-refractivity contribution >= 4 is 22.9 Å². The number of hydrogen-bond acceptors (Lipinski definition) is 3. The van der Waals surface area contributed by atoms with Gasteiger partial charge in [0.25, 0.3) is 5.91 Å². The molecule has 0 radical (unpaired) electrons. The summed E-state index contributed by atoms with van der Waals surface area (Å²) in [5, 5.41) is 6.71. The highest BCUT2D eigenvalue weighted by molar-refractivity contribution is 7.08. The minimum atomic E-state index is -0.0764. The van der Waals surface area contributed by atoms with Gasteiger partial charge in [-0.15, -0.1) is 0 Å². The van der Waals surface area contributed by atoms with E-state index in [1.165, 1.54) is 0 Å². The van der Waals surface area contributed by atoms with Gasteiger partial charge in [0.2, 0.25) is 0 Å². The van der Waals surface area contributed by atoms with Crippen molar-refractivity contribution < 1.29 is 4.79 Å². The summed E-state index contributed by atoms with van der Waals surface area (Å²) < 4.78 is 0. The molecule has 3 N–H and O–H groups in total. The van der Waals surface area contributed by atoms with Gasteiger partial charge >= 0.3 is 0 Å². The van der Waals surface area contributed by atoms with Crippen LogP contribution in [-0.2, 0) is 6.42 Å². The van der Waals surface area contributed by atoms with Crippen molar-refractivity contribution in [2.75, 3.05) is 11.9 Å². The molecule has 0 aliphatic rings. The van der Waals surface area contributed by atoms with E-state index in [1.54, 1.807) is 11.3 Å². The Morgan fingerprint density at radius 3 is 2.82 bits per heavy atom. The van der Waals surface area contributed by atoms with Gasteiger partial charge in [-0.25, -0.2) is 0 Å². The number of rotatable bonds is 4. The molecule has 1 aromatic heterocycles. The van der Waals surface area contributed by atoms with Crippen molar-refractivity contribution in [3.05, 3.63) is 52.2 Å². The van der Waals surface area contributed by atoms with Crippen LogP contribution in [-0.4, -0.2) is 12.5 Å². The van der Waals surface area contributed by atoms with E-state index in [1.807, 2.05) is 41.1 Å². The van der Waals surface area contributed by atoms with E-state index < -0.39 is 0 Å². The molecule has 2 rings (SSSR count). The molecule has 1 heterocycles. The molecule has 0 aliphatic heterocycles. The molecule has 1 amide bonds. The van der Waals surface area contributed by atoms with Crippen LogP contribution >= 0.6 is 11.3 Å². The van der Waals surface area contributed by atoms with Gasteiger partial charge in [-0.2, -0.15) is 11.3 Å². The van der Waals surface area contributed by atoms with Gasteiger partial charge in [0.15, 0.2) is 0 Å². The van der Waals surface area contributed by atoms with Crippen LogP contribution < -0.4 is 11.1 Å². The van der Waals surface area contributed by atoms with Crippen LogP contribution in [0.3, 0.4) is 0 Å². The Bertz CT molecular complexity index is 494. The second kappa shape index (κ2) is 5.61. The maximum Gasteiger partial charge on any atom is 0.255 e. The zero-order valence-electron chi connectivity index (χ0n) is 9.35. The van der Waals surface area contributed by atoms with E-state index in [9.17, 15) is 4.79 Å². The number of carbonyl (C=O) groups excluding carboxylic acids is 1. The highest BCUT2D eigenvalue weighted by Gasteiger charge is 2.10. The smallest absolute Gasteiger partial charge is 0.255 e. The van der Waals surface area contributed by atoms with Crippen LogP contribution in [0.25, 0.3) is 0 Å². The third-order valence-electron chi connectivity index (χ3n) is 2.45. The van der Waals surface area contributed by atoms with Crippen molar-refractivity contribution in [3.63, 3.8) is 0 Å². The molecule has 0 spiro atoms. The number of benzene rings is 1. The Hall–Kier alpha value is -1.65. The molecular formula is C13H14N2OS. The van der Waals surface area contributed by atoms with Gasteiger partial charge in [-0.1, -0.05) is 18.2 Å². The van der Waals surface area contributed by atoms with Crippen molar-refractivity contribution in [2.24, 2.45) is 5.73 Å². The van der Waals surface area contributed by atoms with Crippen LogP contribution in [0.2, 0.25) is 0 Å². The van der Waals surface area contributed by atoms with Crippen LogP contribution in [0.5, 0.6) is 0 Å². The normalized spacial score (nSPS) is 10.2. The number of nitrogens with two attached hydrogens (primary N) is 1. The fourth-order valence-corrected chi connectivity index (χ4v) is 2.24. The Labute approximate surface area is 104 Å². The number of thiophene rings is 1. The third-order valence-corrected chi connectivity index (χ3v) is 3.14. The topological polar surface area (TPSA) is 55.1 Å². The average molecular weight is 246 g/mol. The first kappa shape index (κ1) is 11.8. The molecule has 0 aliphatic carbocycles. The lowest BCUT2D eigenvalue weighted by Crippen LogP contribution is -2.15. The molecule has 2 aromatic rings. The fraction of sp³-hybridized carbons (Fsp3) is 0.154. The van der Waals surface area contributed by atoms with E-state index in [2.05, 4.69) is 5.32 Å². The van der Waals surface area contributed by atoms with Crippen molar-refractivity contribution in [1.29, 1.82) is 0 Å². The van der Waals surface area contributed by atoms with E-state index >= 15 is 0 Å². The van der Waals surface area contributed by atoms with E-state index in [0.717, 1.165) is 11.3 Å². The number of hydrogen-bond donors (Lipinski definition) is 2. The van der Waals surface area contributed by atoms with Gasteiger partial charge in [-0.05, 0) is 36.0 Å². The fourth-order valence-electron chi connectivity index (χ4n) is 1.65. The SMILES string of the molecule is NCCc1ccccc1C(=O)Nc1ccsc1. The summed E-state index contributed by atoms with van der Waals surface area (Å²) in [7, 11) is 0. The lowest BCUT2D eigenvalue weighted by atomic mass is 10.0. The summed E-state index contributed by atoms with van der Waals surface area (Å²) in [5.41, 5.74) is 8.06. The molecule has 0 fully saturated rings. The number of amides is 1. The van der Waals surface area contributed by atoms with Crippen molar-refractivity contribution in [2.45, 2.75) is 6.42 Å². The van der Waals surface area contributed by atoms with Crippen molar-refractivity contribution in [1.82, 2.24) is 0 Å². The molecule has 4 heteroatoms. The maximum atomic E-state index is 12.1. The Balaban J connectivity index is 2.18. The number of anilines is 1. The molecule has 0 bridgehead atoms. The van der Waals surface area contributed by atoms with Gasteiger partial charge in [0, 0.05) is 10.9 Å². The maximum absolute atomic E-state index is 12.1. The van der Waals surface area contributed by atoms with Gasteiger partial charge in [-0.3, -0.25) is 4.79 Å². The Morgan fingerprint density at radius 1 is 1.29 bits per heavy atom. The third kappa shape index (κ3) is 2.93. The predicted octanol–water partition coefficient (Wildman–Crippen LogP) is 2.50. The predicted molar refractivity (Wildman–Crippen MR) is 71.5 cm³/mol. The zero-order valence-corrected chi connectivity index (χ0v) is 10.2. The largest absolute Gasteiger partial charge is 0.330 e. The minimum absolute atomic E-state index is 0.0764. The first-order valence-electron chi connectivity index (χ1n) is 5.43. The summed E-state index contributed by atoms with van der Waals surface area (Å²) in [5.74, 6) is -0.0764. The van der Waals surface area contributed by atoms with Crippen LogP contribution in [0.15, 0.2) is 41.1 Å². The minimum Gasteiger partial charge on any atom is -0.330 e. The first-order valence-corrected chi connectivity index (χ1v) is 6.37. The van der Waals surface area contributed by atoms with Gasteiger partial charge < -0.3 is 11.1 Å². The molecule has 3 nitrogen and oxygen atoms in total. The summed E-state index contributed by atoms with van der Waals surface area (Å²) in [6.07, 6.45) is 0.716. The van der Waals surface area contributed by atoms with Crippen LogP contribution in [0, 0.1) is 0 Å². The molecule has 0 unspecified atom stereocenters. The van der Waals surface area contributed by atoms with Gasteiger partial charge in [0.05, 0.1) is 5.69 Å². The van der Waals surface area contributed by atoms with Crippen molar-refractivity contribution in [3.8, 4) is 0 Å². The lowest BCUT2D eigenvalue weighted by Gasteiger charge is -2.08. The van der Waals surface area contributed by atoms with Crippen LogP contribution in [0.1, 0.15) is 15.9 Å². The molecular weight excluding hydrogens is 232 g/mol. The number of nitrogens with one attached hydrogen (secondary N) is 1. The Kier molecular flexibility index (Phi) is 3.90. The quantitative estimate of drug-likeness (QED) is 0.871. The van der Waals surface area contributed by atoms with E-state index in [-0.39, 0.29) is 5.91 Å². The summed E-state index contributed by atoms with van der Waals surface area (Å²) in [4.78, 5) is 12.1. The standard InChI is InChI=1S/C13H14N2OS/c14-7-5-10-3-1-2-4-12(10)13(16)15-11-6-8-17-9-11/h1-4,6,8-9H,5,7,14H2,(H,15,16). The monoisotopic (exact) mass is 246 g/mol. The number of carbonyl (C=O) groups is 1. The molecule has 0 saturated carbocycles. The molecule has 0 saturated heterocycles. The lowest BCUT2D eigenvalue weighted by molar-refractivity contribution is 0.102. The van der Waals surface area contributed by atoms with Gasteiger partial charge in [0.1, 0.15) is 0 Å². The van der Waals surface area contributed by atoms with E-state index in [0.29, 0.717) is 18.5 Å². The molecule has 1 aromatic carbocycles. The highest BCUT2D eigenvalue weighted by Crippen LogP contribution is 2.15. The molecule has 0 atom stereocenters.